The Hall–Kier alpha value is -2.68. The van der Waals surface area contributed by atoms with Gasteiger partial charge in [-0.2, -0.15) is 0 Å². The van der Waals surface area contributed by atoms with E-state index in [9.17, 15) is 19.6 Å². The molecule has 0 aliphatic carbocycles. The van der Waals surface area contributed by atoms with Gasteiger partial charge in [-0.15, -0.1) is 0 Å². The number of nitrogens with one attached hydrogen (secondary N) is 1. The Morgan fingerprint density at radius 1 is 0.968 bits per heavy atom. The number of aryl methyl sites for hydroxylation is 1. The summed E-state index contributed by atoms with van der Waals surface area (Å²) >= 11 is 0. The Morgan fingerprint density at radius 2 is 1.58 bits per heavy atom. The lowest BCUT2D eigenvalue weighted by atomic mass is 9.76. The van der Waals surface area contributed by atoms with Crippen LogP contribution < -0.4 is 11.1 Å². The summed E-state index contributed by atoms with van der Waals surface area (Å²) in [4.78, 5) is 27.0. The van der Waals surface area contributed by atoms with Crippen LogP contribution in [0.2, 0.25) is 0 Å². The minimum absolute atomic E-state index is 0.132. The van der Waals surface area contributed by atoms with Crippen molar-refractivity contribution in [2.24, 2.45) is 5.73 Å². The zero-order chi connectivity index (χ0) is 22.5. The Kier molecular flexibility index (Phi) is 10.8. The molecule has 8 heteroatoms. The summed E-state index contributed by atoms with van der Waals surface area (Å²) in [5.41, 5.74) is 7.46. The average Bonchev–Trinajstić information content (AvgIpc) is 2.77. The van der Waals surface area contributed by atoms with Gasteiger partial charge in [0.1, 0.15) is 0 Å². The first-order valence-corrected chi connectivity index (χ1v) is 10.7. The third-order valence-electron chi connectivity index (χ3n) is 5.05. The fourth-order valence-electron chi connectivity index (χ4n) is 3.32. The lowest BCUT2D eigenvalue weighted by Crippen LogP contribution is -2.50. The Balaban J connectivity index is 2.01. The van der Waals surface area contributed by atoms with Crippen LogP contribution in [-0.4, -0.2) is 52.9 Å². The number of hydrogen-bond donors (Lipinski definition) is 4. The maximum Gasteiger partial charge on any atom is 0.475 e. The molecule has 0 aromatic heterocycles. The van der Waals surface area contributed by atoms with Crippen molar-refractivity contribution in [3.63, 3.8) is 0 Å². The van der Waals surface area contributed by atoms with Crippen LogP contribution in [0.3, 0.4) is 0 Å². The number of nitrogens with zero attached hydrogens (tertiary/aromatic N) is 1. The molecule has 1 atom stereocenters. The predicted octanol–water partition coefficient (Wildman–Crippen LogP) is 1.27. The van der Waals surface area contributed by atoms with Gasteiger partial charge in [0.25, 0.3) is 0 Å². The normalized spacial score (nSPS) is 11.6. The minimum atomic E-state index is -1.67. The van der Waals surface area contributed by atoms with E-state index in [1.165, 1.54) is 4.90 Å². The molecule has 0 saturated carbocycles. The number of benzene rings is 2. The highest BCUT2D eigenvalue weighted by molar-refractivity contribution is 6.43. The minimum Gasteiger partial charge on any atom is -0.426 e. The maximum atomic E-state index is 12.9. The summed E-state index contributed by atoms with van der Waals surface area (Å²) in [6.07, 6.45) is 2.68. The molecule has 166 valence electrons. The van der Waals surface area contributed by atoms with E-state index in [1.54, 1.807) is 0 Å². The number of carbonyl (C=O) groups is 2. The van der Waals surface area contributed by atoms with Gasteiger partial charge in [0.2, 0.25) is 11.8 Å². The molecule has 0 spiro atoms. The zero-order valence-corrected chi connectivity index (χ0v) is 17.8. The monoisotopic (exact) mass is 425 g/mol. The smallest absolute Gasteiger partial charge is 0.426 e. The number of nitrogens with two attached hydrogens (primary N) is 1. The summed E-state index contributed by atoms with van der Waals surface area (Å²) in [7, 11) is -1.67. The van der Waals surface area contributed by atoms with Crippen LogP contribution in [-0.2, 0) is 22.6 Å². The van der Waals surface area contributed by atoms with E-state index in [0.717, 1.165) is 17.5 Å². The van der Waals surface area contributed by atoms with Gasteiger partial charge in [0.05, 0.1) is 12.5 Å². The molecule has 2 aromatic rings. The van der Waals surface area contributed by atoms with Crippen molar-refractivity contribution < 1.29 is 19.6 Å². The van der Waals surface area contributed by atoms with Crippen LogP contribution in [0.5, 0.6) is 0 Å². The molecule has 2 amide bonds. The van der Waals surface area contributed by atoms with Crippen LogP contribution >= 0.6 is 0 Å². The van der Waals surface area contributed by atoms with E-state index in [-0.39, 0.29) is 18.9 Å². The molecule has 0 radical (unpaired) electrons. The summed E-state index contributed by atoms with van der Waals surface area (Å²) in [5.74, 6) is -1.35. The molecule has 0 aliphatic rings. The highest BCUT2D eigenvalue weighted by atomic mass is 16.4. The van der Waals surface area contributed by atoms with Gasteiger partial charge in [0.15, 0.2) is 0 Å². The van der Waals surface area contributed by atoms with Crippen LogP contribution in [0.25, 0.3) is 0 Å². The van der Waals surface area contributed by atoms with Crippen LogP contribution in [0, 0.1) is 0 Å². The molecule has 0 fully saturated rings. The first-order valence-electron chi connectivity index (χ1n) is 10.7. The molecule has 0 saturated heterocycles. The van der Waals surface area contributed by atoms with Gasteiger partial charge >= 0.3 is 7.12 Å². The molecule has 2 aromatic carbocycles. The van der Waals surface area contributed by atoms with Crippen molar-refractivity contribution in [3.05, 3.63) is 71.8 Å². The second-order valence-electron chi connectivity index (χ2n) is 7.59. The molecule has 7 nitrogen and oxygen atoms in total. The SMILES string of the molecule is NCCCC[C@H](NC(=O)CN(Cc1ccccc1)C(=O)CCc1ccccc1)B(O)O. The maximum absolute atomic E-state index is 12.9. The standard InChI is InChI=1S/C23H32BN3O4/c25-16-8-7-13-21(24(30)31)26-22(28)18-27(17-20-11-5-2-6-12-20)23(29)15-14-19-9-3-1-4-10-19/h1-6,9-12,21,30-31H,7-8,13-18,25H2,(H,26,28)/t21-/m0/s1. The topological polar surface area (TPSA) is 116 Å². The van der Waals surface area contributed by atoms with Crippen molar-refractivity contribution in [1.29, 1.82) is 0 Å². The molecule has 31 heavy (non-hydrogen) atoms. The first-order chi connectivity index (χ1) is 15.0. The van der Waals surface area contributed by atoms with Crippen molar-refractivity contribution in [2.45, 2.75) is 44.6 Å². The lowest BCUT2D eigenvalue weighted by Gasteiger charge is -2.24. The van der Waals surface area contributed by atoms with Gasteiger partial charge in [0, 0.05) is 13.0 Å². The van der Waals surface area contributed by atoms with Crippen molar-refractivity contribution in [1.82, 2.24) is 10.2 Å². The molecular formula is C23H32BN3O4. The quantitative estimate of drug-likeness (QED) is 0.285. The molecule has 5 N–H and O–H groups in total. The second kappa shape index (κ2) is 13.6. The van der Waals surface area contributed by atoms with Crippen molar-refractivity contribution >= 4 is 18.9 Å². The van der Waals surface area contributed by atoms with E-state index < -0.39 is 19.0 Å². The summed E-state index contributed by atoms with van der Waals surface area (Å²) < 4.78 is 0. The molecule has 0 bridgehead atoms. The van der Waals surface area contributed by atoms with Gasteiger partial charge in [-0.3, -0.25) is 9.59 Å². The van der Waals surface area contributed by atoms with Crippen molar-refractivity contribution in [3.8, 4) is 0 Å². The van der Waals surface area contributed by atoms with Gasteiger partial charge in [-0.25, -0.2) is 0 Å². The van der Waals surface area contributed by atoms with E-state index in [4.69, 9.17) is 5.73 Å². The largest absolute Gasteiger partial charge is 0.475 e. The Bertz CT molecular complexity index is 790. The van der Waals surface area contributed by atoms with Crippen LogP contribution in [0.4, 0.5) is 0 Å². The Labute approximate surface area is 184 Å². The van der Waals surface area contributed by atoms with E-state index in [2.05, 4.69) is 5.32 Å². The number of carbonyl (C=O) groups excluding carboxylic acids is 2. The number of rotatable bonds is 13. The zero-order valence-electron chi connectivity index (χ0n) is 17.8. The van der Waals surface area contributed by atoms with Crippen molar-refractivity contribution in [2.75, 3.05) is 13.1 Å². The summed E-state index contributed by atoms with van der Waals surface area (Å²) in [6, 6.07) is 19.2. The van der Waals surface area contributed by atoms with Gasteiger partial charge in [-0.1, -0.05) is 67.1 Å². The number of amides is 2. The van der Waals surface area contributed by atoms with E-state index >= 15 is 0 Å². The number of unbranched alkanes of at least 4 members (excludes halogenated alkanes) is 1. The highest BCUT2D eigenvalue weighted by Gasteiger charge is 2.26. The molecular weight excluding hydrogens is 393 g/mol. The predicted molar refractivity (Wildman–Crippen MR) is 122 cm³/mol. The van der Waals surface area contributed by atoms with Gasteiger partial charge in [-0.05, 0) is 36.9 Å². The molecule has 0 aliphatic heterocycles. The lowest BCUT2D eigenvalue weighted by molar-refractivity contribution is -0.136. The fourth-order valence-corrected chi connectivity index (χ4v) is 3.32. The Morgan fingerprint density at radius 3 is 2.16 bits per heavy atom. The second-order valence-corrected chi connectivity index (χ2v) is 7.59. The fraction of sp³-hybridized carbons (Fsp3) is 0.391. The van der Waals surface area contributed by atoms with Crippen LogP contribution in [0.15, 0.2) is 60.7 Å². The summed E-state index contributed by atoms with van der Waals surface area (Å²) in [6.45, 7) is 0.660. The third kappa shape index (κ3) is 9.34. The molecule has 0 unspecified atom stereocenters. The van der Waals surface area contributed by atoms with E-state index in [0.29, 0.717) is 32.4 Å². The van der Waals surface area contributed by atoms with Gasteiger partial charge < -0.3 is 26.0 Å². The van der Waals surface area contributed by atoms with Crippen LogP contribution in [0.1, 0.15) is 36.8 Å². The molecule has 2 rings (SSSR count). The molecule has 0 heterocycles. The van der Waals surface area contributed by atoms with E-state index in [1.807, 2.05) is 60.7 Å². The first kappa shape index (κ1) is 24.6. The number of hydrogen-bond acceptors (Lipinski definition) is 5. The summed E-state index contributed by atoms with van der Waals surface area (Å²) in [5, 5.41) is 21.8. The average molecular weight is 425 g/mol. The third-order valence-corrected chi connectivity index (χ3v) is 5.05. The highest BCUT2D eigenvalue weighted by Crippen LogP contribution is 2.10.